The van der Waals surface area contributed by atoms with Gasteiger partial charge in [-0.2, -0.15) is 0 Å². The molecule has 1 heterocycles. The second-order valence-electron chi connectivity index (χ2n) is 3.70. The molecule has 2 rings (SSSR count). The molecule has 100 valence electrons. The maximum atomic E-state index is 11.4. The first kappa shape index (κ1) is 14.5. The van der Waals surface area contributed by atoms with Gasteiger partial charge in [-0.1, -0.05) is 24.6 Å². The van der Waals surface area contributed by atoms with Crippen LogP contribution in [0.3, 0.4) is 0 Å². The van der Waals surface area contributed by atoms with Gasteiger partial charge >= 0.3 is 5.97 Å². The van der Waals surface area contributed by atoms with Crippen LogP contribution in [0.15, 0.2) is 28.1 Å². The highest BCUT2D eigenvalue weighted by Gasteiger charge is 2.21. The van der Waals surface area contributed by atoms with Crippen molar-refractivity contribution < 1.29 is 9.90 Å². The van der Waals surface area contributed by atoms with E-state index < -0.39 is 5.97 Å². The zero-order valence-corrected chi connectivity index (χ0v) is 12.8. The highest BCUT2D eigenvalue weighted by molar-refractivity contribution is 7.99. The molecule has 0 saturated heterocycles. The first-order valence-electron chi connectivity index (χ1n) is 5.62. The number of halogens is 1. The van der Waals surface area contributed by atoms with Crippen molar-refractivity contribution in [2.45, 2.75) is 16.8 Å². The van der Waals surface area contributed by atoms with Gasteiger partial charge in [-0.15, -0.1) is 23.5 Å². The number of carboxylic acids is 1. The van der Waals surface area contributed by atoms with Crippen molar-refractivity contribution in [1.29, 1.82) is 0 Å². The van der Waals surface area contributed by atoms with Gasteiger partial charge in [0.2, 0.25) is 0 Å². The zero-order chi connectivity index (χ0) is 14.0. The summed E-state index contributed by atoms with van der Waals surface area (Å²) < 4.78 is 0. The van der Waals surface area contributed by atoms with Gasteiger partial charge in [0, 0.05) is 10.3 Å². The predicted molar refractivity (Wildman–Crippen MR) is 81.9 cm³/mol. The number of hydrogen-bond donors (Lipinski definition) is 1. The Morgan fingerprint density at radius 1 is 1.47 bits per heavy atom. The van der Waals surface area contributed by atoms with Crippen LogP contribution in [0, 0.1) is 0 Å². The molecule has 1 aromatic heterocycles. The lowest BCUT2D eigenvalue weighted by atomic mass is 10.1. The monoisotopic (exact) mass is 313 g/mol. The summed E-state index contributed by atoms with van der Waals surface area (Å²) in [5.41, 5.74) is 0.834. The lowest BCUT2D eigenvalue weighted by Gasteiger charge is -2.11. The van der Waals surface area contributed by atoms with Gasteiger partial charge in [0.15, 0.2) is 0 Å². The lowest BCUT2D eigenvalue weighted by Crippen LogP contribution is -2.04. The Hall–Kier alpha value is -0.910. The maximum Gasteiger partial charge on any atom is 0.340 e. The normalized spacial score (nSPS) is 10.9. The van der Waals surface area contributed by atoms with Crippen molar-refractivity contribution in [2.24, 2.45) is 0 Å². The summed E-state index contributed by atoms with van der Waals surface area (Å²) in [6.45, 7) is 1.95. The number of aromatic nitrogens is 1. The molecule has 0 fully saturated rings. The van der Waals surface area contributed by atoms with E-state index in [1.54, 1.807) is 0 Å². The maximum absolute atomic E-state index is 11.4. The van der Waals surface area contributed by atoms with Crippen LogP contribution < -0.4 is 0 Å². The fourth-order valence-corrected chi connectivity index (χ4v) is 3.69. The molecule has 3 nitrogen and oxygen atoms in total. The third-order valence-corrected chi connectivity index (χ3v) is 4.61. The SMILES string of the molecule is CCSc1nc2cccc(SC)c2c(Cl)c1C(=O)O. The van der Waals surface area contributed by atoms with E-state index in [0.717, 1.165) is 21.6 Å². The van der Waals surface area contributed by atoms with Gasteiger partial charge in [0.05, 0.1) is 10.5 Å². The molecule has 6 heteroatoms. The van der Waals surface area contributed by atoms with Gasteiger partial charge in [-0.25, -0.2) is 9.78 Å². The number of rotatable bonds is 4. The van der Waals surface area contributed by atoms with Gasteiger partial charge in [0.25, 0.3) is 0 Å². The highest BCUT2D eigenvalue weighted by Crippen LogP contribution is 2.37. The largest absolute Gasteiger partial charge is 0.478 e. The molecule has 1 N–H and O–H groups in total. The van der Waals surface area contributed by atoms with E-state index >= 15 is 0 Å². The van der Waals surface area contributed by atoms with Gasteiger partial charge in [-0.3, -0.25) is 0 Å². The molecular weight excluding hydrogens is 302 g/mol. The van der Waals surface area contributed by atoms with Crippen molar-refractivity contribution in [3.8, 4) is 0 Å². The molecule has 0 unspecified atom stereocenters. The average molecular weight is 314 g/mol. The lowest BCUT2D eigenvalue weighted by molar-refractivity contribution is 0.0692. The number of hydrogen-bond acceptors (Lipinski definition) is 4. The van der Waals surface area contributed by atoms with Crippen LogP contribution >= 0.6 is 35.1 Å². The Bertz CT molecular complexity index is 646. The van der Waals surface area contributed by atoms with E-state index in [9.17, 15) is 9.90 Å². The molecule has 19 heavy (non-hydrogen) atoms. The first-order chi connectivity index (χ1) is 9.10. The molecule has 0 aliphatic carbocycles. The standard InChI is InChI=1S/C13H12ClNO2S2/c1-3-19-12-10(13(16)17)11(14)9-7(15-12)5-4-6-8(9)18-2/h4-6H,3H2,1-2H3,(H,16,17). The number of thioether (sulfide) groups is 2. The summed E-state index contributed by atoms with van der Waals surface area (Å²) >= 11 is 9.23. The minimum Gasteiger partial charge on any atom is -0.478 e. The van der Waals surface area contributed by atoms with Crippen LogP contribution in [0.5, 0.6) is 0 Å². The highest BCUT2D eigenvalue weighted by atomic mass is 35.5. The van der Waals surface area contributed by atoms with E-state index in [1.807, 2.05) is 31.4 Å². The number of fused-ring (bicyclic) bond motifs is 1. The fraction of sp³-hybridized carbons (Fsp3) is 0.231. The summed E-state index contributed by atoms with van der Waals surface area (Å²) in [5, 5.41) is 10.8. The number of pyridine rings is 1. The van der Waals surface area contributed by atoms with E-state index in [2.05, 4.69) is 4.98 Å². The van der Waals surface area contributed by atoms with Crippen molar-refractivity contribution >= 4 is 52.0 Å². The summed E-state index contributed by atoms with van der Waals surface area (Å²) in [7, 11) is 0. The topological polar surface area (TPSA) is 50.2 Å². The van der Waals surface area contributed by atoms with Crippen LogP contribution in [0.4, 0.5) is 0 Å². The van der Waals surface area contributed by atoms with Gasteiger partial charge in [0.1, 0.15) is 10.6 Å². The third-order valence-electron chi connectivity index (χ3n) is 2.59. The van der Waals surface area contributed by atoms with Gasteiger partial charge < -0.3 is 5.11 Å². The average Bonchev–Trinajstić information content (AvgIpc) is 2.37. The molecule has 0 amide bonds. The van der Waals surface area contributed by atoms with Crippen molar-refractivity contribution in [2.75, 3.05) is 12.0 Å². The molecule has 2 aromatic rings. The van der Waals surface area contributed by atoms with Crippen LogP contribution in [-0.4, -0.2) is 28.1 Å². The smallest absolute Gasteiger partial charge is 0.340 e. The third kappa shape index (κ3) is 2.68. The number of nitrogens with zero attached hydrogens (tertiary/aromatic N) is 1. The van der Waals surface area contributed by atoms with Crippen LogP contribution in [0.2, 0.25) is 5.02 Å². The Labute approximate surface area is 124 Å². The van der Waals surface area contributed by atoms with Crippen molar-refractivity contribution in [1.82, 2.24) is 4.98 Å². The predicted octanol–water partition coefficient (Wildman–Crippen LogP) is 4.42. The number of aromatic carboxylic acids is 1. The van der Waals surface area contributed by atoms with E-state index in [-0.39, 0.29) is 10.6 Å². The Kier molecular flexibility index (Phi) is 4.60. The minimum atomic E-state index is -1.04. The molecule has 0 spiro atoms. The van der Waals surface area contributed by atoms with Crippen LogP contribution in [0.1, 0.15) is 17.3 Å². The summed E-state index contributed by atoms with van der Waals surface area (Å²) in [5.74, 6) is -0.289. The summed E-state index contributed by atoms with van der Waals surface area (Å²) in [6, 6.07) is 5.67. The molecule has 1 aromatic carbocycles. The van der Waals surface area contributed by atoms with E-state index in [1.165, 1.54) is 23.5 Å². The number of carboxylic acid groups (broad SMARTS) is 1. The Morgan fingerprint density at radius 2 is 2.21 bits per heavy atom. The van der Waals surface area contributed by atoms with Gasteiger partial charge in [-0.05, 0) is 24.1 Å². The Morgan fingerprint density at radius 3 is 2.79 bits per heavy atom. The second-order valence-corrected chi connectivity index (χ2v) is 6.18. The molecule has 0 radical (unpaired) electrons. The Balaban J connectivity index is 2.85. The molecular formula is C13H12ClNO2S2. The fourth-order valence-electron chi connectivity index (χ4n) is 1.81. The quantitative estimate of drug-likeness (QED) is 0.847. The summed E-state index contributed by atoms with van der Waals surface area (Å²) in [4.78, 5) is 16.8. The molecule has 0 aliphatic rings. The molecule has 0 aliphatic heterocycles. The second kappa shape index (κ2) is 6.03. The van der Waals surface area contributed by atoms with E-state index in [4.69, 9.17) is 11.6 Å². The molecule has 0 atom stereocenters. The number of carbonyl (C=O) groups is 1. The zero-order valence-electron chi connectivity index (χ0n) is 10.4. The molecule has 0 saturated carbocycles. The van der Waals surface area contributed by atoms with Crippen LogP contribution in [0.25, 0.3) is 10.9 Å². The number of benzene rings is 1. The first-order valence-corrected chi connectivity index (χ1v) is 8.21. The van der Waals surface area contributed by atoms with Crippen molar-refractivity contribution in [3.05, 3.63) is 28.8 Å². The summed E-state index contributed by atoms with van der Waals surface area (Å²) in [6.07, 6.45) is 1.93. The van der Waals surface area contributed by atoms with E-state index in [0.29, 0.717) is 5.03 Å². The molecule has 0 bridgehead atoms. The minimum absolute atomic E-state index is 0.0996. The van der Waals surface area contributed by atoms with Crippen molar-refractivity contribution in [3.63, 3.8) is 0 Å². The van der Waals surface area contributed by atoms with Crippen LogP contribution in [-0.2, 0) is 0 Å².